The number of benzene rings is 1. The van der Waals surface area contributed by atoms with E-state index in [9.17, 15) is 9.18 Å². The Morgan fingerprint density at radius 1 is 1.29 bits per heavy atom. The molecule has 0 aliphatic heterocycles. The van der Waals surface area contributed by atoms with E-state index >= 15 is 0 Å². The SMILES string of the molecule is CCN(CC)C(=O)c1cc2cc(F)ccc2[nH]1. The number of nitrogens with one attached hydrogen (secondary N) is 1. The van der Waals surface area contributed by atoms with Crippen LogP contribution in [0, 0.1) is 5.82 Å². The van der Waals surface area contributed by atoms with Gasteiger partial charge in [0, 0.05) is 24.0 Å². The molecule has 3 nitrogen and oxygen atoms in total. The molecule has 1 aromatic heterocycles. The summed E-state index contributed by atoms with van der Waals surface area (Å²) in [6.07, 6.45) is 0. The normalized spacial score (nSPS) is 10.8. The van der Waals surface area contributed by atoms with Crippen molar-refractivity contribution >= 4 is 16.8 Å². The molecule has 0 spiro atoms. The smallest absolute Gasteiger partial charge is 0.270 e. The number of hydrogen-bond donors (Lipinski definition) is 1. The Morgan fingerprint density at radius 2 is 2.00 bits per heavy atom. The predicted molar refractivity (Wildman–Crippen MR) is 65.5 cm³/mol. The van der Waals surface area contributed by atoms with Crippen LogP contribution in [0.3, 0.4) is 0 Å². The summed E-state index contributed by atoms with van der Waals surface area (Å²) in [5, 5.41) is 0.723. The van der Waals surface area contributed by atoms with Crippen LogP contribution in [0.1, 0.15) is 24.3 Å². The number of hydrogen-bond acceptors (Lipinski definition) is 1. The summed E-state index contributed by atoms with van der Waals surface area (Å²) < 4.78 is 13.0. The number of aromatic amines is 1. The van der Waals surface area contributed by atoms with Crippen LogP contribution >= 0.6 is 0 Å². The van der Waals surface area contributed by atoms with Gasteiger partial charge in [-0.2, -0.15) is 0 Å². The molecule has 0 saturated carbocycles. The van der Waals surface area contributed by atoms with Gasteiger partial charge in [0.15, 0.2) is 0 Å². The molecule has 4 heteroatoms. The van der Waals surface area contributed by atoms with E-state index in [4.69, 9.17) is 0 Å². The van der Waals surface area contributed by atoms with E-state index in [0.29, 0.717) is 18.8 Å². The molecule has 2 aromatic rings. The first-order valence-electron chi connectivity index (χ1n) is 5.73. The minimum atomic E-state index is -0.293. The summed E-state index contributed by atoms with van der Waals surface area (Å²) in [5.74, 6) is -0.343. The van der Waals surface area contributed by atoms with Crippen molar-refractivity contribution in [1.82, 2.24) is 9.88 Å². The van der Waals surface area contributed by atoms with Crippen molar-refractivity contribution < 1.29 is 9.18 Å². The number of carbonyl (C=O) groups excluding carboxylic acids is 1. The van der Waals surface area contributed by atoms with E-state index in [2.05, 4.69) is 4.98 Å². The van der Waals surface area contributed by atoms with Crippen LogP contribution in [0.15, 0.2) is 24.3 Å². The lowest BCUT2D eigenvalue weighted by Gasteiger charge is -2.17. The van der Waals surface area contributed by atoms with E-state index in [1.807, 2.05) is 13.8 Å². The van der Waals surface area contributed by atoms with Gasteiger partial charge in [0.1, 0.15) is 11.5 Å². The van der Waals surface area contributed by atoms with Gasteiger partial charge in [-0.1, -0.05) is 0 Å². The Morgan fingerprint density at radius 3 is 2.65 bits per heavy atom. The van der Waals surface area contributed by atoms with Crippen molar-refractivity contribution in [2.75, 3.05) is 13.1 Å². The quantitative estimate of drug-likeness (QED) is 0.871. The van der Waals surface area contributed by atoms with E-state index in [1.54, 1.807) is 17.0 Å². The number of nitrogens with zero attached hydrogens (tertiary/aromatic N) is 1. The van der Waals surface area contributed by atoms with Gasteiger partial charge in [-0.05, 0) is 38.1 Å². The number of fused-ring (bicyclic) bond motifs is 1. The number of aromatic nitrogens is 1. The summed E-state index contributed by atoms with van der Waals surface area (Å²) in [4.78, 5) is 16.8. The van der Waals surface area contributed by atoms with E-state index in [-0.39, 0.29) is 11.7 Å². The number of amides is 1. The molecule has 0 fully saturated rings. The lowest BCUT2D eigenvalue weighted by Crippen LogP contribution is -2.30. The highest BCUT2D eigenvalue weighted by atomic mass is 19.1. The molecule has 0 atom stereocenters. The molecule has 0 saturated heterocycles. The average molecular weight is 234 g/mol. The molecule has 1 amide bonds. The molecule has 1 heterocycles. The van der Waals surface area contributed by atoms with Crippen molar-refractivity contribution in [3.8, 4) is 0 Å². The summed E-state index contributed by atoms with van der Waals surface area (Å²) in [5.41, 5.74) is 1.29. The van der Waals surface area contributed by atoms with Crippen LogP contribution in [0.4, 0.5) is 4.39 Å². The molecule has 90 valence electrons. The Bertz CT molecular complexity index is 543. The zero-order valence-electron chi connectivity index (χ0n) is 9.96. The zero-order valence-corrected chi connectivity index (χ0v) is 9.96. The van der Waals surface area contributed by atoms with Gasteiger partial charge in [-0.3, -0.25) is 4.79 Å². The first-order valence-corrected chi connectivity index (χ1v) is 5.73. The minimum Gasteiger partial charge on any atom is -0.351 e. The summed E-state index contributed by atoms with van der Waals surface area (Å²) >= 11 is 0. The molecule has 1 N–H and O–H groups in total. The van der Waals surface area contributed by atoms with E-state index in [1.165, 1.54) is 12.1 Å². The van der Waals surface area contributed by atoms with Crippen LogP contribution < -0.4 is 0 Å². The second kappa shape index (κ2) is 4.57. The standard InChI is InChI=1S/C13H15FN2O/c1-3-16(4-2)13(17)12-8-9-7-10(14)5-6-11(9)15-12/h5-8,15H,3-4H2,1-2H3. The molecule has 0 aliphatic carbocycles. The fraction of sp³-hybridized carbons (Fsp3) is 0.308. The van der Waals surface area contributed by atoms with Crippen LogP contribution in [0.2, 0.25) is 0 Å². The summed E-state index contributed by atoms with van der Waals surface area (Å²) in [7, 11) is 0. The Kier molecular flexibility index (Phi) is 3.13. The van der Waals surface area contributed by atoms with Crippen LogP contribution in [0.25, 0.3) is 10.9 Å². The highest BCUT2D eigenvalue weighted by molar-refractivity contribution is 5.98. The van der Waals surface area contributed by atoms with Gasteiger partial charge < -0.3 is 9.88 Å². The molecule has 0 radical (unpaired) electrons. The predicted octanol–water partition coefficient (Wildman–Crippen LogP) is 2.79. The van der Waals surface area contributed by atoms with E-state index in [0.717, 1.165) is 10.9 Å². The summed E-state index contributed by atoms with van der Waals surface area (Å²) in [6.45, 7) is 5.20. The van der Waals surface area contributed by atoms with Crippen LogP contribution in [-0.4, -0.2) is 28.9 Å². The first-order chi connectivity index (χ1) is 8.15. The number of H-pyrrole nitrogens is 1. The molecule has 1 aromatic carbocycles. The third-order valence-electron chi connectivity index (χ3n) is 2.86. The second-order valence-electron chi connectivity index (χ2n) is 3.89. The molecular formula is C13H15FN2O. The maximum absolute atomic E-state index is 13.0. The fourth-order valence-corrected chi connectivity index (χ4v) is 1.90. The Balaban J connectivity index is 2.39. The number of rotatable bonds is 3. The topological polar surface area (TPSA) is 36.1 Å². The highest BCUT2D eigenvalue weighted by Gasteiger charge is 2.14. The van der Waals surface area contributed by atoms with Crippen molar-refractivity contribution in [2.45, 2.75) is 13.8 Å². The third-order valence-corrected chi connectivity index (χ3v) is 2.86. The molecule has 0 aliphatic rings. The van der Waals surface area contributed by atoms with Gasteiger partial charge in [-0.25, -0.2) is 4.39 Å². The molecule has 0 unspecified atom stereocenters. The Hall–Kier alpha value is -1.84. The third kappa shape index (κ3) is 2.16. The van der Waals surface area contributed by atoms with Crippen LogP contribution in [-0.2, 0) is 0 Å². The lowest BCUT2D eigenvalue weighted by atomic mass is 10.2. The van der Waals surface area contributed by atoms with Crippen molar-refractivity contribution in [3.63, 3.8) is 0 Å². The lowest BCUT2D eigenvalue weighted by molar-refractivity contribution is 0.0768. The molecule has 2 rings (SSSR count). The van der Waals surface area contributed by atoms with Crippen molar-refractivity contribution in [2.24, 2.45) is 0 Å². The van der Waals surface area contributed by atoms with Gasteiger partial charge in [-0.15, -0.1) is 0 Å². The average Bonchev–Trinajstić information content (AvgIpc) is 2.73. The maximum Gasteiger partial charge on any atom is 0.270 e. The Labute approximate surface area is 99.2 Å². The maximum atomic E-state index is 13.0. The van der Waals surface area contributed by atoms with Crippen molar-refractivity contribution in [3.05, 3.63) is 35.8 Å². The second-order valence-corrected chi connectivity index (χ2v) is 3.89. The van der Waals surface area contributed by atoms with Crippen molar-refractivity contribution in [1.29, 1.82) is 0 Å². The van der Waals surface area contributed by atoms with Gasteiger partial charge in [0.25, 0.3) is 5.91 Å². The molecule has 17 heavy (non-hydrogen) atoms. The molecular weight excluding hydrogens is 219 g/mol. The number of carbonyl (C=O) groups is 1. The van der Waals surface area contributed by atoms with E-state index < -0.39 is 0 Å². The largest absolute Gasteiger partial charge is 0.351 e. The summed E-state index contributed by atoms with van der Waals surface area (Å²) in [6, 6.07) is 6.14. The monoisotopic (exact) mass is 234 g/mol. The fourth-order valence-electron chi connectivity index (χ4n) is 1.90. The van der Waals surface area contributed by atoms with Gasteiger partial charge in [0.05, 0.1) is 0 Å². The number of halogens is 1. The first kappa shape index (κ1) is 11.6. The zero-order chi connectivity index (χ0) is 12.4. The van der Waals surface area contributed by atoms with Gasteiger partial charge in [0.2, 0.25) is 0 Å². The van der Waals surface area contributed by atoms with Crippen LogP contribution in [0.5, 0.6) is 0 Å². The molecule has 0 bridgehead atoms. The highest BCUT2D eigenvalue weighted by Crippen LogP contribution is 2.17. The van der Waals surface area contributed by atoms with Gasteiger partial charge >= 0.3 is 0 Å². The minimum absolute atomic E-state index is 0.0494.